The number of carbonyl (C=O) groups is 2. The molecule has 32 heavy (non-hydrogen) atoms. The minimum absolute atomic E-state index is 0.0162. The third-order valence-electron chi connectivity index (χ3n) is 6.53. The van der Waals surface area contributed by atoms with Gasteiger partial charge in [-0.1, -0.05) is 68.4 Å². The van der Waals surface area contributed by atoms with Crippen molar-refractivity contribution in [2.45, 2.75) is 51.4 Å². The van der Waals surface area contributed by atoms with Crippen LogP contribution in [-0.4, -0.2) is 48.7 Å². The van der Waals surface area contributed by atoms with Gasteiger partial charge in [-0.25, -0.2) is 4.39 Å². The van der Waals surface area contributed by atoms with Crippen LogP contribution in [0, 0.1) is 5.41 Å². The Kier molecular flexibility index (Phi) is 6.33. The van der Waals surface area contributed by atoms with E-state index in [1.165, 1.54) is 10.5 Å². The SMILES string of the molecule is CC(C)c1ccc([C@@H](NC(=O)[C@@H]2C[C@@H](F)CN2C(=O)C2(C)COC2)c2ccccc2)cc1. The van der Waals surface area contributed by atoms with E-state index >= 15 is 0 Å². The molecule has 3 atom stereocenters. The summed E-state index contributed by atoms with van der Waals surface area (Å²) in [6, 6.07) is 16.7. The maximum absolute atomic E-state index is 14.4. The fourth-order valence-corrected chi connectivity index (χ4v) is 4.45. The van der Waals surface area contributed by atoms with Gasteiger partial charge < -0.3 is 15.0 Å². The molecule has 2 aliphatic heterocycles. The number of amides is 2. The van der Waals surface area contributed by atoms with Gasteiger partial charge in [0.15, 0.2) is 0 Å². The topological polar surface area (TPSA) is 58.6 Å². The Bertz CT molecular complexity index is 957. The fraction of sp³-hybridized carbons (Fsp3) is 0.462. The first-order chi connectivity index (χ1) is 15.3. The number of carbonyl (C=O) groups excluding carboxylic acids is 2. The number of hydrogen-bond acceptors (Lipinski definition) is 3. The lowest BCUT2D eigenvalue weighted by Crippen LogP contribution is -2.57. The average molecular weight is 439 g/mol. The summed E-state index contributed by atoms with van der Waals surface area (Å²) in [6.45, 7) is 6.65. The Labute approximate surface area is 188 Å². The summed E-state index contributed by atoms with van der Waals surface area (Å²) in [5.74, 6) is -0.129. The van der Waals surface area contributed by atoms with Gasteiger partial charge >= 0.3 is 0 Å². The largest absolute Gasteiger partial charge is 0.379 e. The van der Waals surface area contributed by atoms with Crippen LogP contribution in [0.2, 0.25) is 0 Å². The molecule has 1 N–H and O–H groups in total. The van der Waals surface area contributed by atoms with Crippen molar-refractivity contribution in [3.8, 4) is 0 Å². The number of nitrogens with zero attached hydrogens (tertiary/aromatic N) is 1. The molecule has 2 aromatic rings. The predicted molar refractivity (Wildman–Crippen MR) is 121 cm³/mol. The zero-order valence-corrected chi connectivity index (χ0v) is 18.9. The van der Waals surface area contributed by atoms with Gasteiger partial charge in [0.2, 0.25) is 11.8 Å². The molecule has 0 spiro atoms. The minimum Gasteiger partial charge on any atom is -0.379 e. The lowest BCUT2D eigenvalue weighted by atomic mass is 9.86. The minimum atomic E-state index is -1.21. The van der Waals surface area contributed by atoms with Gasteiger partial charge in [-0.2, -0.15) is 0 Å². The standard InChI is InChI=1S/C26H31FN2O3/c1-17(2)18-9-11-20(12-10-18)23(19-7-5-4-6-8-19)28-24(30)22-13-21(27)14-29(22)25(31)26(3)15-32-16-26/h4-12,17,21-23H,13-16H2,1-3H3,(H,28,30)/t21-,22+,23+/m1/s1. The molecule has 2 aromatic carbocycles. The molecule has 2 saturated heterocycles. The highest BCUT2D eigenvalue weighted by molar-refractivity contribution is 5.91. The van der Waals surface area contributed by atoms with E-state index in [9.17, 15) is 14.0 Å². The van der Waals surface area contributed by atoms with Crippen LogP contribution >= 0.6 is 0 Å². The van der Waals surface area contributed by atoms with E-state index in [2.05, 4.69) is 31.3 Å². The molecule has 2 aliphatic rings. The van der Waals surface area contributed by atoms with Crippen molar-refractivity contribution >= 4 is 11.8 Å². The first-order valence-electron chi connectivity index (χ1n) is 11.3. The number of rotatable bonds is 6. The second kappa shape index (κ2) is 9.02. The molecule has 0 radical (unpaired) electrons. The van der Waals surface area contributed by atoms with Gasteiger partial charge in [0, 0.05) is 6.42 Å². The monoisotopic (exact) mass is 438 g/mol. The first-order valence-corrected chi connectivity index (χ1v) is 11.3. The molecular formula is C26H31FN2O3. The maximum Gasteiger partial charge on any atom is 0.243 e. The van der Waals surface area contributed by atoms with E-state index in [4.69, 9.17) is 4.74 Å². The molecular weight excluding hydrogens is 407 g/mol. The van der Waals surface area contributed by atoms with Gasteiger partial charge in [0.1, 0.15) is 12.2 Å². The van der Waals surface area contributed by atoms with Gasteiger partial charge in [-0.3, -0.25) is 9.59 Å². The summed E-state index contributed by atoms with van der Waals surface area (Å²) in [4.78, 5) is 27.8. The Morgan fingerprint density at radius 2 is 1.62 bits per heavy atom. The molecule has 170 valence electrons. The summed E-state index contributed by atoms with van der Waals surface area (Å²) in [5, 5.41) is 3.10. The molecule has 0 unspecified atom stereocenters. The van der Waals surface area contributed by atoms with Crippen molar-refractivity contribution in [1.82, 2.24) is 10.2 Å². The Balaban J connectivity index is 1.58. The quantitative estimate of drug-likeness (QED) is 0.742. The lowest BCUT2D eigenvalue weighted by Gasteiger charge is -2.40. The van der Waals surface area contributed by atoms with E-state index in [-0.39, 0.29) is 30.8 Å². The fourth-order valence-electron chi connectivity index (χ4n) is 4.45. The van der Waals surface area contributed by atoms with E-state index in [1.807, 2.05) is 49.4 Å². The number of benzene rings is 2. The van der Waals surface area contributed by atoms with Gasteiger partial charge in [-0.15, -0.1) is 0 Å². The Morgan fingerprint density at radius 3 is 2.19 bits per heavy atom. The number of halogens is 1. The summed E-state index contributed by atoms with van der Waals surface area (Å²) in [5.41, 5.74) is 2.43. The smallest absolute Gasteiger partial charge is 0.243 e. The third-order valence-corrected chi connectivity index (χ3v) is 6.53. The molecule has 5 nitrogen and oxygen atoms in total. The number of hydrogen-bond donors (Lipinski definition) is 1. The summed E-state index contributed by atoms with van der Waals surface area (Å²) in [6.07, 6.45) is -1.19. The number of ether oxygens (including phenoxy) is 1. The van der Waals surface area contributed by atoms with E-state index in [1.54, 1.807) is 0 Å². The van der Waals surface area contributed by atoms with Crippen LogP contribution < -0.4 is 5.32 Å². The van der Waals surface area contributed by atoms with Gasteiger partial charge in [0.05, 0.1) is 31.2 Å². The highest BCUT2D eigenvalue weighted by Gasteiger charge is 2.49. The zero-order valence-electron chi connectivity index (χ0n) is 18.9. The predicted octanol–water partition coefficient (Wildman–Crippen LogP) is 3.99. The molecule has 0 aromatic heterocycles. The number of likely N-dealkylation sites (tertiary alicyclic amines) is 1. The average Bonchev–Trinajstić information content (AvgIpc) is 3.17. The Hall–Kier alpha value is -2.73. The summed E-state index contributed by atoms with van der Waals surface area (Å²) < 4.78 is 19.6. The molecule has 4 rings (SSSR count). The molecule has 2 fully saturated rings. The molecule has 6 heteroatoms. The van der Waals surface area contributed by atoms with Crippen LogP contribution in [0.5, 0.6) is 0 Å². The molecule has 0 aliphatic carbocycles. The van der Waals surface area contributed by atoms with E-state index in [0.717, 1.165) is 11.1 Å². The number of nitrogens with one attached hydrogen (secondary N) is 1. The lowest BCUT2D eigenvalue weighted by molar-refractivity contribution is -0.171. The van der Waals surface area contributed by atoms with Crippen LogP contribution in [-0.2, 0) is 14.3 Å². The second-order valence-corrected chi connectivity index (χ2v) is 9.53. The van der Waals surface area contributed by atoms with E-state index in [0.29, 0.717) is 19.1 Å². The second-order valence-electron chi connectivity index (χ2n) is 9.53. The number of alkyl halides is 1. The van der Waals surface area contributed by atoms with Crippen LogP contribution in [0.15, 0.2) is 54.6 Å². The molecule has 2 amide bonds. The van der Waals surface area contributed by atoms with Crippen LogP contribution in [0.25, 0.3) is 0 Å². The van der Waals surface area contributed by atoms with Crippen molar-refractivity contribution in [3.05, 3.63) is 71.3 Å². The molecule has 0 saturated carbocycles. The first kappa shape index (κ1) is 22.5. The van der Waals surface area contributed by atoms with Crippen LogP contribution in [0.1, 0.15) is 55.8 Å². The Morgan fingerprint density at radius 1 is 1.03 bits per heavy atom. The zero-order chi connectivity index (χ0) is 22.9. The van der Waals surface area contributed by atoms with Crippen LogP contribution in [0.4, 0.5) is 4.39 Å². The van der Waals surface area contributed by atoms with Gasteiger partial charge in [-0.05, 0) is 29.5 Å². The maximum atomic E-state index is 14.4. The highest BCUT2D eigenvalue weighted by Crippen LogP contribution is 2.34. The molecule has 0 bridgehead atoms. The normalized spacial score (nSPS) is 23.0. The third kappa shape index (κ3) is 4.42. The van der Waals surface area contributed by atoms with Crippen LogP contribution in [0.3, 0.4) is 0 Å². The van der Waals surface area contributed by atoms with Crippen molar-refractivity contribution in [1.29, 1.82) is 0 Å². The van der Waals surface area contributed by atoms with Crippen molar-refractivity contribution in [2.75, 3.05) is 19.8 Å². The van der Waals surface area contributed by atoms with E-state index < -0.39 is 17.6 Å². The highest BCUT2D eigenvalue weighted by atomic mass is 19.1. The van der Waals surface area contributed by atoms with Gasteiger partial charge in [0.25, 0.3) is 0 Å². The summed E-state index contributed by atoms with van der Waals surface area (Å²) >= 11 is 0. The molecule has 2 heterocycles. The van der Waals surface area contributed by atoms with Crippen molar-refractivity contribution in [3.63, 3.8) is 0 Å². The van der Waals surface area contributed by atoms with Crippen molar-refractivity contribution < 1.29 is 18.7 Å². The van der Waals surface area contributed by atoms with Crippen molar-refractivity contribution in [2.24, 2.45) is 5.41 Å². The summed E-state index contributed by atoms with van der Waals surface area (Å²) in [7, 11) is 0.